The summed E-state index contributed by atoms with van der Waals surface area (Å²) in [6, 6.07) is 11.7. The lowest BCUT2D eigenvalue weighted by Crippen LogP contribution is -2.31. The summed E-state index contributed by atoms with van der Waals surface area (Å²) in [5.41, 5.74) is 2.34. The Kier molecular flexibility index (Phi) is 6.56. The molecule has 5 nitrogen and oxygen atoms in total. The number of rotatable bonds is 7. The smallest absolute Gasteiger partial charge is 0.370 e. The number of amides is 1. The average Bonchev–Trinajstić information content (AvgIpc) is 2.91. The third-order valence-electron chi connectivity index (χ3n) is 6.30. The first kappa shape index (κ1) is 22.4. The molecule has 0 saturated carbocycles. The number of carbonyl (C=O) groups is 1. The largest absolute Gasteiger partial charge is 0.389 e. The molecule has 2 aliphatic rings. The summed E-state index contributed by atoms with van der Waals surface area (Å²) in [6.45, 7) is 4.64. The maximum Gasteiger partial charge on any atom is 0.389 e. The van der Waals surface area contributed by atoms with Gasteiger partial charge in [-0.1, -0.05) is 12.1 Å². The lowest BCUT2D eigenvalue weighted by atomic mass is 10.0. The minimum Gasteiger partial charge on any atom is -0.370 e. The van der Waals surface area contributed by atoms with Gasteiger partial charge < -0.3 is 14.7 Å². The normalized spacial score (nSPS) is 17.1. The first-order valence-corrected chi connectivity index (χ1v) is 11.2. The first-order chi connectivity index (χ1) is 15.4. The summed E-state index contributed by atoms with van der Waals surface area (Å²) in [5.74, 6) is -0.218. The fourth-order valence-corrected chi connectivity index (χ4v) is 4.78. The van der Waals surface area contributed by atoms with Crippen LogP contribution in [0.4, 0.5) is 24.5 Å². The molecule has 0 radical (unpaired) electrons. The van der Waals surface area contributed by atoms with Crippen LogP contribution in [-0.2, 0) is 0 Å². The summed E-state index contributed by atoms with van der Waals surface area (Å²) in [4.78, 5) is 19.2. The van der Waals surface area contributed by atoms with Gasteiger partial charge in [-0.25, -0.2) is 0 Å². The van der Waals surface area contributed by atoms with Gasteiger partial charge in [0.1, 0.15) is 0 Å². The average molecular weight is 445 g/mol. The minimum absolute atomic E-state index is 0.0584. The number of nitrogens with zero attached hydrogens (tertiary/aromatic N) is 4. The summed E-state index contributed by atoms with van der Waals surface area (Å²) < 4.78 is 37.8. The van der Waals surface area contributed by atoms with Crippen LogP contribution in [0.1, 0.15) is 42.5 Å². The monoisotopic (exact) mass is 444 g/mol. The molecule has 170 valence electrons. The van der Waals surface area contributed by atoms with Crippen LogP contribution >= 0.6 is 0 Å². The van der Waals surface area contributed by atoms with Crippen molar-refractivity contribution in [3.8, 4) is 6.07 Å². The van der Waals surface area contributed by atoms with E-state index < -0.39 is 12.6 Å². The van der Waals surface area contributed by atoms with Crippen LogP contribution in [0, 0.1) is 11.3 Å². The highest BCUT2D eigenvalue weighted by Crippen LogP contribution is 2.42. The molecule has 2 heterocycles. The molecule has 0 aliphatic carbocycles. The number of anilines is 2. The lowest BCUT2D eigenvalue weighted by Gasteiger charge is -2.26. The molecule has 0 atom stereocenters. The third kappa shape index (κ3) is 4.68. The van der Waals surface area contributed by atoms with E-state index in [4.69, 9.17) is 5.26 Å². The third-order valence-corrected chi connectivity index (χ3v) is 6.30. The maximum absolute atomic E-state index is 12.9. The molecule has 0 N–H and O–H groups in total. The Morgan fingerprint density at radius 2 is 1.78 bits per heavy atom. The molecule has 0 bridgehead atoms. The molecular formula is C24H27F3N4O. The standard InChI is InChI=1S/C24H27F3N4O/c25-24(26,27)10-4-15-31-21-9-8-20(18-6-3-7-19(22(18)21)23(31)32)30-14-5-13-29(16-17-30)12-2-1-11-28/h3,6-9H,1-2,4-5,10,12-17H2. The summed E-state index contributed by atoms with van der Waals surface area (Å²) in [5, 5.41) is 10.6. The highest BCUT2D eigenvalue weighted by Gasteiger charge is 2.33. The van der Waals surface area contributed by atoms with Crippen LogP contribution in [0.5, 0.6) is 0 Å². The predicted octanol–water partition coefficient (Wildman–Crippen LogP) is 4.96. The highest BCUT2D eigenvalue weighted by atomic mass is 19.4. The van der Waals surface area contributed by atoms with Gasteiger partial charge in [-0.05, 0) is 50.6 Å². The van der Waals surface area contributed by atoms with Crippen molar-refractivity contribution >= 4 is 28.1 Å². The molecule has 1 saturated heterocycles. The number of unbranched alkanes of at least 4 members (excludes halogenated alkanes) is 1. The predicted molar refractivity (Wildman–Crippen MR) is 119 cm³/mol. The van der Waals surface area contributed by atoms with Gasteiger partial charge in [0.05, 0.1) is 11.8 Å². The van der Waals surface area contributed by atoms with Gasteiger partial charge in [0, 0.05) is 61.0 Å². The van der Waals surface area contributed by atoms with Gasteiger partial charge in [-0.3, -0.25) is 4.79 Å². The zero-order chi connectivity index (χ0) is 22.7. The first-order valence-electron chi connectivity index (χ1n) is 11.2. The Morgan fingerprint density at radius 1 is 0.969 bits per heavy atom. The van der Waals surface area contributed by atoms with Crippen molar-refractivity contribution in [3.05, 3.63) is 35.9 Å². The second-order valence-electron chi connectivity index (χ2n) is 8.45. The van der Waals surface area contributed by atoms with E-state index in [2.05, 4.69) is 15.9 Å². The van der Waals surface area contributed by atoms with Gasteiger partial charge >= 0.3 is 6.18 Å². The van der Waals surface area contributed by atoms with Crippen molar-refractivity contribution in [2.75, 3.05) is 49.1 Å². The lowest BCUT2D eigenvalue weighted by molar-refractivity contribution is -0.135. The van der Waals surface area contributed by atoms with E-state index in [0.717, 1.165) is 62.0 Å². The van der Waals surface area contributed by atoms with E-state index in [1.807, 2.05) is 24.3 Å². The molecule has 8 heteroatoms. The molecule has 0 spiro atoms. The van der Waals surface area contributed by atoms with Crippen LogP contribution < -0.4 is 9.80 Å². The number of alkyl halides is 3. The maximum atomic E-state index is 12.9. The van der Waals surface area contributed by atoms with Crippen LogP contribution in [0.15, 0.2) is 30.3 Å². The number of nitriles is 1. The topological polar surface area (TPSA) is 50.6 Å². The van der Waals surface area contributed by atoms with Crippen molar-refractivity contribution < 1.29 is 18.0 Å². The van der Waals surface area contributed by atoms with Gasteiger partial charge in [0.15, 0.2) is 0 Å². The Labute approximate surface area is 186 Å². The summed E-state index contributed by atoms with van der Waals surface area (Å²) in [6.07, 6.45) is -2.76. The molecule has 4 rings (SSSR count). The van der Waals surface area contributed by atoms with Crippen molar-refractivity contribution in [3.63, 3.8) is 0 Å². The Morgan fingerprint density at radius 3 is 2.56 bits per heavy atom. The molecule has 0 aromatic heterocycles. The molecular weight excluding hydrogens is 417 g/mol. The highest BCUT2D eigenvalue weighted by molar-refractivity contribution is 6.26. The Hall–Kier alpha value is -2.79. The number of hydrogen-bond donors (Lipinski definition) is 0. The van der Waals surface area contributed by atoms with Crippen molar-refractivity contribution in [2.45, 2.75) is 38.3 Å². The van der Waals surface area contributed by atoms with E-state index in [0.29, 0.717) is 17.7 Å². The molecule has 0 unspecified atom stereocenters. The van der Waals surface area contributed by atoms with E-state index in [9.17, 15) is 18.0 Å². The second-order valence-corrected chi connectivity index (χ2v) is 8.45. The van der Waals surface area contributed by atoms with Crippen molar-refractivity contribution in [1.29, 1.82) is 5.26 Å². The Bertz CT molecular complexity index is 1030. The number of carbonyl (C=O) groups excluding carboxylic acids is 1. The van der Waals surface area contributed by atoms with Crippen LogP contribution in [-0.4, -0.2) is 56.3 Å². The summed E-state index contributed by atoms with van der Waals surface area (Å²) >= 11 is 0. The van der Waals surface area contributed by atoms with Crippen LogP contribution in [0.3, 0.4) is 0 Å². The van der Waals surface area contributed by atoms with E-state index >= 15 is 0 Å². The van der Waals surface area contributed by atoms with Gasteiger partial charge in [0.2, 0.25) is 0 Å². The number of benzene rings is 2. The van der Waals surface area contributed by atoms with E-state index in [1.54, 1.807) is 6.07 Å². The van der Waals surface area contributed by atoms with Crippen molar-refractivity contribution in [1.82, 2.24) is 4.90 Å². The van der Waals surface area contributed by atoms with Gasteiger partial charge in [-0.15, -0.1) is 0 Å². The zero-order valence-corrected chi connectivity index (χ0v) is 18.0. The van der Waals surface area contributed by atoms with E-state index in [-0.39, 0.29) is 18.9 Å². The second kappa shape index (κ2) is 9.37. The number of hydrogen-bond acceptors (Lipinski definition) is 4. The van der Waals surface area contributed by atoms with E-state index in [1.165, 1.54) is 4.90 Å². The van der Waals surface area contributed by atoms with Crippen molar-refractivity contribution in [2.24, 2.45) is 0 Å². The molecule has 32 heavy (non-hydrogen) atoms. The SMILES string of the molecule is N#CCCCN1CCCN(c2ccc3c4c(cccc24)C(=O)N3CCCC(F)(F)F)CC1. The fourth-order valence-electron chi connectivity index (χ4n) is 4.78. The molecule has 2 aliphatic heterocycles. The number of halogens is 3. The quantitative estimate of drug-likeness (QED) is 0.567. The Balaban J connectivity index is 1.55. The van der Waals surface area contributed by atoms with Crippen LogP contribution in [0.25, 0.3) is 10.8 Å². The molecule has 2 aromatic carbocycles. The fraction of sp³-hybridized carbons (Fsp3) is 0.500. The molecule has 2 aromatic rings. The molecule has 1 amide bonds. The van der Waals surface area contributed by atoms with Gasteiger partial charge in [-0.2, -0.15) is 18.4 Å². The summed E-state index contributed by atoms with van der Waals surface area (Å²) in [7, 11) is 0. The zero-order valence-electron chi connectivity index (χ0n) is 18.0. The van der Waals surface area contributed by atoms with Gasteiger partial charge in [0.25, 0.3) is 5.91 Å². The minimum atomic E-state index is -4.22. The molecule has 1 fully saturated rings. The van der Waals surface area contributed by atoms with Crippen LogP contribution in [0.2, 0.25) is 0 Å².